The van der Waals surface area contributed by atoms with Crippen LogP contribution in [-0.4, -0.2) is 41.8 Å². The Hall–Kier alpha value is -1.43. The molecule has 0 amide bonds. The molecule has 2 unspecified atom stereocenters. The minimum absolute atomic E-state index is 0.271. The largest absolute Gasteiger partial charge is 0.439 e. The van der Waals surface area contributed by atoms with Crippen LogP contribution >= 0.6 is 0 Å². The molecule has 0 saturated carbocycles. The number of hydrogen-bond acceptors (Lipinski definition) is 5. The monoisotopic (exact) mass is 254 g/mol. The molecule has 2 N–H and O–H groups in total. The van der Waals surface area contributed by atoms with Gasteiger partial charge in [0.1, 0.15) is 6.10 Å². The Kier molecular flexibility index (Phi) is 6.35. The molecule has 0 bridgehead atoms. The first-order chi connectivity index (χ1) is 8.63. The smallest absolute Gasteiger partial charge is 0.304 e. The van der Waals surface area contributed by atoms with Crippen LogP contribution in [0.3, 0.4) is 0 Å². The Morgan fingerprint density at radius 2 is 2.00 bits per heavy atom. The van der Waals surface area contributed by atoms with Crippen LogP contribution < -0.4 is 0 Å². The zero-order valence-corrected chi connectivity index (χ0v) is 10.3. The van der Waals surface area contributed by atoms with Crippen molar-refractivity contribution in [3.05, 3.63) is 35.9 Å². The highest BCUT2D eigenvalue weighted by Gasteiger charge is 2.19. The van der Waals surface area contributed by atoms with E-state index in [1.165, 1.54) is 6.92 Å². The van der Waals surface area contributed by atoms with E-state index in [2.05, 4.69) is 4.74 Å². The molecule has 0 aliphatic rings. The van der Waals surface area contributed by atoms with E-state index in [4.69, 9.17) is 9.84 Å². The zero-order valence-electron chi connectivity index (χ0n) is 10.3. The summed E-state index contributed by atoms with van der Waals surface area (Å²) in [5, 5.41) is 19.0. The van der Waals surface area contributed by atoms with Crippen molar-refractivity contribution in [1.29, 1.82) is 0 Å². The number of ether oxygens (including phenoxy) is 2. The minimum atomic E-state index is -0.854. The van der Waals surface area contributed by atoms with E-state index in [1.807, 2.05) is 30.3 Å². The Morgan fingerprint density at radius 1 is 1.33 bits per heavy atom. The molecular weight excluding hydrogens is 236 g/mol. The molecule has 2 atom stereocenters. The average molecular weight is 254 g/mol. The van der Waals surface area contributed by atoms with Crippen LogP contribution in [0.5, 0.6) is 0 Å². The van der Waals surface area contributed by atoms with Gasteiger partial charge in [0.05, 0.1) is 12.7 Å². The fourth-order valence-corrected chi connectivity index (χ4v) is 1.48. The SMILES string of the molecule is CC(=O)OCOC(CO)C(O)Cc1ccccc1. The van der Waals surface area contributed by atoms with Crippen molar-refractivity contribution in [3.8, 4) is 0 Å². The normalized spacial score (nSPS) is 13.9. The third-order valence-corrected chi connectivity index (χ3v) is 2.44. The Balaban J connectivity index is 2.41. The lowest BCUT2D eigenvalue weighted by atomic mass is 10.0. The van der Waals surface area contributed by atoms with Gasteiger partial charge in [-0.2, -0.15) is 0 Å². The first-order valence-corrected chi connectivity index (χ1v) is 5.71. The van der Waals surface area contributed by atoms with Crippen molar-refractivity contribution < 1.29 is 24.5 Å². The van der Waals surface area contributed by atoms with Gasteiger partial charge in [-0.05, 0) is 5.56 Å². The summed E-state index contributed by atoms with van der Waals surface area (Å²) >= 11 is 0. The maximum Gasteiger partial charge on any atom is 0.304 e. The molecule has 5 heteroatoms. The number of hydrogen-bond donors (Lipinski definition) is 2. The topological polar surface area (TPSA) is 76.0 Å². The molecule has 0 fully saturated rings. The van der Waals surface area contributed by atoms with Crippen LogP contribution in [0.25, 0.3) is 0 Å². The summed E-state index contributed by atoms with van der Waals surface area (Å²) in [6.45, 7) is 0.652. The molecule has 100 valence electrons. The molecule has 1 aromatic carbocycles. The van der Waals surface area contributed by atoms with E-state index in [-0.39, 0.29) is 13.4 Å². The summed E-state index contributed by atoms with van der Waals surface area (Å²) in [7, 11) is 0. The van der Waals surface area contributed by atoms with Crippen LogP contribution in [0, 0.1) is 0 Å². The van der Waals surface area contributed by atoms with Crippen molar-refractivity contribution in [2.45, 2.75) is 25.6 Å². The van der Waals surface area contributed by atoms with Crippen molar-refractivity contribution in [2.75, 3.05) is 13.4 Å². The third-order valence-electron chi connectivity index (χ3n) is 2.44. The highest BCUT2D eigenvalue weighted by molar-refractivity contribution is 5.65. The predicted molar refractivity (Wildman–Crippen MR) is 64.7 cm³/mol. The van der Waals surface area contributed by atoms with Crippen molar-refractivity contribution in [3.63, 3.8) is 0 Å². The molecule has 0 aliphatic heterocycles. The molecule has 5 nitrogen and oxygen atoms in total. The lowest BCUT2D eigenvalue weighted by Crippen LogP contribution is -2.35. The van der Waals surface area contributed by atoms with Crippen LogP contribution in [-0.2, 0) is 20.7 Å². The van der Waals surface area contributed by atoms with Gasteiger partial charge in [-0.15, -0.1) is 0 Å². The molecule has 0 aliphatic carbocycles. The quantitative estimate of drug-likeness (QED) is 0.547. The summed E-state index contributed by atoms with van der Waals surface area (Å²) in [6.07, 6.45) is -1.26. The van der Waals surface area contributed by atoms with Gasteiger partial charge in [0, 0.05) is 13.3 Å². The summed E-state index contributed by atoms with van der Waals surface area (Å²) in [4.78, 5) is 10.5. The molecule has 0 spiro atoms. The molecule has 18 heavy (non-hydrogen) atoms. The minimum Gasteiger partial charge on any atom is -0.439 e. The second kappa shape index (κ2) is 7.81. The van der Waals surface area contributed by atoms with E-state index < -0.39 is 18.2 Å². The van der Waals surface area contributed by atoms with Gasteiger partial charge < -0.3 is 19.7 Å². The van der Waals surface area contributed by atoms with Gasteiger partial charge in [0.25, 0.3) is 0 Å². The highest BCUT2D eigenvalue weighted by atomic mass is 16.7. The highest BCUT2D eigenvalue weighted by Crippen LogP contribution is 2.08. The molecule has 1 aromatic rings. The number of carbonyl (C=O) groups excluding carboxylic acids is 1. The van der Waals surface area contributed by atoms with Crippen molar-refractivity contribution in [2.24, 2.45) is 0 Å². The second-order valence-electron chi connectivity index (χ2n) is 3.90. The maximum absolute atomic E-state index is 10.5. The Bertz CT molecular complexity index is 352. The van der Waals surface area contributed by atoms with Crippen molar-refractivity contribution in [1.82, 2.24) is 0 Å². The number of aliphatic hydroxyl groups is 2. The van der Waals surface area contributed by atoms with E-state index in [1.54, 1.807) is 0 Å². The summed E-state index contributed by atoms with van der Waals surface area (Å²) in [5.41, 5.74) is 0.944. The van der Waals surface area contributed by atoms with Crippen LogP contribution in [0.15, 0.2) is 30.3 Å². The first kappa shape index (κ1) is 14.6. The van der Waals surface area contributed by atoms with Crippen LogP contribution in [0.2, 0.25) is 0 Å². The van der Waals surface area contributed by atoms with E-state index in [9.17, 15) is 9.90 Å². The van der Waals surface area contributed by atoms with Gasteiger partial charge in [0.2, 0.25) is 0 Å². The third kappa shape index (κ3) is 5.27. The van der Waals surface area contributed by atoms with Gasteiger partial charge in [0.15, 0.2) is 6.79 Å². The average Bonchev–Trinajstić information content (AvgIpc) is 2.35. The molecule has 0 aromatic heterocycles. The maximum atomic E-state index is 10.5. The van der Waals surface area contributed by atoms with Gasteiger partial charge >= 0.3 is 5.97 Å². The predicted octanol–water partition coefficient (Wildman–Crippen LogP) is 0.488. The fourth-order valence-electron chi connectivity index (χ4n) is 1.48. The number of esters is 1. The lowest BCUT2D eigenvalue weighted by molar-refractivity contribution is -0.168. The molecule has 1 rings (SSSR count). The van der Waals surface area contributed by atoms with E-state index in [0.717, 1.165) is 5.56 Å². The zero-order chi connectivity index (χ0) is 13.4. The Labute approximate surface area is 106 Å². The second-order valence-corrected chi connectivity index (χ2v) is 3.90. The molecule has 0 radical (unpaired) electrons. The lowest BCUT2D eigenvalue weighted by Gasteiger charge is -2.21. The number of rotatable bonds is 7. The van der Waals surface area contributed by atoms with Crippen LogP contribution in [0.4, 0.5) is 0 Å². The fraction of sp³-hybridized carbons (Fsp3) is 0.462. The first-order valence-electron chi connectivity index (χ1n) is 5.71. The Morgan fingerprint density at radius 3 is 2.56 bits per heavy atom. The summed E-state index contributed by atoms with van der Waals surface area (Å²) in [5.74, 6) is -0.468. The number of benzene rings is 1. The standard InChI is InChI=1S/C13H18O5/c1-10(15)17-9-18-13(8-14)12(16)7-11-5-3-2-4-6-11/h2-6,12-14,16H,7-9H2,1H3. The van der Waals surface area contributed by atoms with Gasteiger partial charge in [-0.1, -0.05) is 30.3 Å². The number of carbonyl (C=O) groups is 1. The summed E-state index contributed by atoms with van der Waals surface area (Å²) in [6, 6.07) is 9.38. The van der Waals surface area contributed by atoms with Gasteiger partial charge in [-0.25, -0.2) is 0 Å². The molecule has 0 heterocycles. The molecule has 0 saturated heterocycles. The van der Waals surface area contributed by atoms with Crippen molar-refractivity contribution >= 4 is 5.97 Å². The van der Waals surface area contributed by atoms with E-state index in [0.29, 0.717) is 6.42 Å². The van der Waals surface area contributed by atoms with Gasteiger partial charge in [-0.3, -0.25) is 4.79 Å². The number of aliphatic hydroxyl groups excluding tert-OH is 2. The van der Waals surface area contributed by atoms with E-state index >= 15 is 0 Å². The van der Waals surface area contributed by atoms with Crippen LogP contribution in [0.1, 0.15) is 12.5 Å². The summed E-state index contributed by atoms with van der Waals surface area (Å²) < 4.78 is 9.68. The molecular formula is C13H18O5.